The van der Waals surface area contributed by atoms with Crippen molar-refractivity contribution in [2.24, 2.45) is 0 Å². The third-order valence-electron chi connectivity index (χ3n) is 1.20. The Bertz CT molecular complexity index is 116. The molecule has 11 heavy (non-hydrogen) atoms. The van der Waals surface area contributed by atoms with Gasteiger partial charge in [-0.2, -0.15) is 3.93 Å². The van der Waals surface area contributed by atoms with Crippen LogP contribution in [-0.2, 0) is 0 Å². The van der Waals surface area contributed by atoms with Crippen LogP contribution < -0.4 is 5.32 Å². The van der Waals surface area contributed by atoms with Gasteiger partial charge in [-0.05, 0) is 14.0 Å². The van der Waals surface area contributed by atoms with Gasteiger partial charge in [0.05, 0.1) is 6.17 Å². The molecular formula is C4H11Br2N3O2. The average Bonchev–Trinajstić information content (AvgIpc) is 2.00. The maximum absolute atomic E-state index is 9.16. The van der Waals surface area contributed by atoms with E-state index in [1.807, 2.05) is 6.92 Å². The fraction of sp³-hybridized carbons (Fsp3) is 1.00. The number of aliphatic hydroxyl groups is 1. The zero-order valence-corrected chi connectivity index (χ0v) is 9.37. The molecule has 0 saturated carbocycles. The summed E-state index contributed by atoms with van der Waals surface area (Å²) in [5.74, 6) is 0. The van der Waals surface area contributed by atoms with Crippen molar-refractivity contribution in [3.05, 3.63) is 0 Å². The predicted molar refractivity (Wildman–Crippen MR) is 47.8 cm³/mol. The molecule has 0 spiro atoms. The van der Waals surface area contributed by atoms with Crippen LogP contribution in [0.25, 0.3) is 0 Å². The van der Waals surface area contributed by atoms with Crippen LogP contribution in [0.1, 0.15) is 6.92 Å². The normalized spacial score (nSPS) is 17.5. The minimum atomic E-state index is -1.14. The van der Waals surface area contributed by atoms with Gasteiger partial charge in [-0.25, -0.2) is 0 Å². The summed E-state index contributed by atoms with van der Waals surface area (Å²) in [7, 11) is 1.74. The molecule has 0 aromatic heterocycles. The van der Waals surface area contributed by atoms with Gasteiger partial charge in [0.15, 0.2) is 0 Å². The van der Waals surface area contributed by atoms with Crippen LogP contribution >= 0.6 is 32.3 Å². The monoisotopic (exact) mass is 291 g/mol. The summed E-state index contributed by atoms with van der Waals surface area (Å²) in [5.41, 5.74) is 0. The van der Waals surface area contributed by atoms with Crippen molar-refractivity contribution in [3.8, 4) is 0 Å². The summed E-state index contributed by atoms with van der Waals surface area (Å²) in [4.78, 5) is 0. The third-order valence-corrected chi connectivity index (χ3v) is 2.55. The Balaban J connectivity index is 3.90. The van der Waals surface area contributed by atoms with Gasteiger partial charge < -0.3 is 10.4 Å². The largest absolute Gasteiger partial charge is 0.362 e. The van der Waals surface area contributed by atoms with Gasteiger partial charge in [-0.15, -0.1) is 0 Å². The molecule has 0 radical (unpaired) electrons. The highest BCUT2D eigenvalue weighted by atomic mass is 79.9. The second kappa shape index (κ2) is 5.41. The van der Waals surface area contributed by atoms with Crippen LogP contribution in [0.5, 0.6) is 0 Å². The van der Waals surface area contributed by atoms with E-state index in [9.17, 15) is 0 Å². The topological polar surface area (TPSA) is 59.0 Å². The molecule has 0 aromatic carbocycles. The number of hydrogen-bond acceptors (Lipinski definition) is 5. The first kappa shape index (κ1) is 11.8. The first-order valence-corrected chi connectivity index (χ1v) is 4.36. The van der Waals surface area contributed by atoms with Gasteiger partial charge in [0.25, 0.3) is 0 Å². The van der Waals surface area contributed by atoms with E-state index in [2.05, 4.69) is 37.6 Å². The molecule has 0 fully saturated rings. The Morgan fingerprint density at radius 2 is 1.91 bits per heavy atom. The molecule has 0 aliphatic rings. The van der Waals surface area contributed by atoms with Crippen LogP contribution in [0.2, 0.25) is 0 Å². The van der Waals surface area contributed by atoms with Gasteiger partial charge in [-0.1, -0.05) is 4.09 Å². The van der Waals surface area contributed by atoms with E-state index in [0.29, 0.717) is 4.09 Å². The summed E-state index contributed by atoms with van der Waals surface area (Å²) in [6.07, 6.45) is -1.24. The van der Waals surface area contributed by atoms with Crippen molar-refractivity contribution >= 4 is 32.3 Å². The molecule has 3 N–H and O–H groups in total. The molecule has 0 unspecified atom stereocenters. The van der Waals surface area contributed by atoms with Gasteiger partial charge in [0, 0.05) is 32.3 Å². The first-order chi connectivity index (χ1) is 5.00. The fourth-order valence-electron chi connectivity index (χ4n) is 0.414. The van der Waals surface area contributed by atoms with Crippen molar-refractivity contribution in [1.82, 2.24) is 13.3 Å². The molecule has 0 heterocycles. The molecule has 5 nitrogen and oxygen atoms in total. The maximum atomic E-state index is 9.16. The van der Waals surface area contributed by atoms with Crippen LogP contribution in [0.4, 0.5) is 0 Å². The van der Waals surface area contributed by atoms with Crippen LogP contribution in [-0.4, -0.2) is 37.9 Å². The number of aliphatic hydroxyl groups excluding tert-OH is 1. The SMILES string of the molecule is CN[C@@H](C)N(Br)[C@@H](O)N(O)Br. The highest BCUT2D eigenvalue weighted by molar-refractivity contribution is 9.08. The number of nitrogens with zero attached hydrogens (tertiary/aromatic N) is 2. The molecule has 7 heteroatoms. The molecule has 0 aliphatic carbocycles. The van der Waals surface area contributed by atoms with E-state index in [1.54, 1.807) is 7.05 Å². The number of halogens is 2. The number of hydrogen-bond donors (Lipinski definition) is 3. The summed E-state index contributed by atoms with van der Waals surface area (Å²) in [6.45, 7) is 1.81. The van der Waals surface area contributed by atoms with Crippen molar-refractivity contribution < 1.29 is 10.3 Å². The van der Waals surface area contributed by atoms with Crippen LogP contribution in [0.15, 0.2) is 0 Å². The van der Waals surface area contributed by atoms with Crippen LogP contribution in [0, 0.1) is 0 Å². The van der Waals surface area contributed by atoms with Crippen molar-refractivity contribution in [1.29, 1.82) is 0 Å². The second-order valence-electron chi connectivity index (χ2n) is 1.94. The van der Waals surface area contributed by atoms with Crippen molar-refractivity contribution in [3.63, 3.8) is 0 Å². The predicted octanol–water partition coefficient (Wildman–Crippen LogP) is 0.441. The number of rotatable bonds is 4. The Morgan fingerprint density at radius 3 is 2.18 bits per heavy atom. The summed E-state index contributed by atoms with van der Waals surface area (Å²) in [6, 6.07) is 0. The molecule has 0 rings (SSSR count). The molecule has 68 valence electrons. The highest BCUT2D eigenvalue weighted by Crippen LogP contribution is 2.12. The Morgan fingerprint density at radius 1 is 1.45 bits per heavy atom. The third kappa shape index (κ3) is 3.79. The molecule has 0 bridgehead atoms. The number of hydroxylamine groups is 1. The molecule has 0 saturated heterocycles. The lowest BCUT2D eigenvalue weighted by atomic mass is 10.6. The smallest absolute Gasteiger partial charge is 0.209 e. The van der Waals surface area contributed by atoms with Gasteiger partial charge in [0.1, 0.15) is 0 Å². The Hall–Kier alpha value is 0.760. The highest BCUT2D eigenvalue weighted by Gasteiger charge is 2.21. The summed E-state index contributed by atoms with van der Waals surface area (Å²) >= 11 is 5.74. The van der Waals surface area contributed by atoms with E-state index in [0.717, 1.165) is 0 Å². The van der Waals surface area contributed by atoms with Gasteiger partial charge in [-0.3, -0.25) is 5.21 Å². The second-order valence-corrected chi connectivity index (χ2v) is 3.49. The lowest BCUT2D eigenvalue weighted by Crippen LogP contribution is -2.46. The number of nitrogens with one attached hydrogen (secondary N) is 1. The quantitative estimate of drug-likeness (QED) is 0.399. The van der Waals surface area contributed by atoms with E-state index >= 15 is 0 Å². The minimum Gasteiger partial charge on any atom is -0.362 e. The lowest BCUT2D eigenvalue weighted by molar-refractivity contribution is -0.157. The minimum absolute atomic E-state index is 0.0998. The molecule has 0 aliphatic heterocycles. The van der Waals surface area contributed by atoms with E-state index in [1.165, 1.54) is 3.93 Å². The van der Waals surface area contributed by atoms with Crippen molar-refractivity contribution in [2.45, 2.75) is 19.4 Å². The standard InChI is InChI=1S/C4H11Br2N3O2/c1-3(7-2)8(5)4(10)9(6)11/h3-4,7,10-11H,1-2H3/t3-,4-/m1/s1. The van der Waals surface area contributed by atoms with E-state index in [-0.39, 0.29) is 6.17 Å². The summed E-state index contributed by atoms with van der Waals surface area (Å²) in [5, 5.41) is 20.8. The zero-order chi connectivity index (χ0) is 9.02. The maximum Gasteiger partial charge on any atom is 0.209 e. The van der Waals surface area contributed by atoms with Gasteiger partial charge >= 0.3 is 0 Å². The molecule has 0 amide bonds. The average molecular weight is 293 g/mol. The Labute approximate surface area is 82.6 Å². The fourth-order valence-corrected chi connectivity index (χ4v) is 1.24. The summed E-state index contributed by atoms with van der Waals surface area (Å²) < 4.78 is 1.86. The first-order valence-electron chi connectivity index (χ1n) is 2.94. The van der Waals surface area contributed by atoms with E-state index in [4.69, 9.17) is 10.3 Å². The molecule has 0 aromatic rings. The van der Waals surface area contributed by atoms with Crippen LogP contribution in [0.3, 0.4) is 0 Å². The molecule has 2 atom stereocenters. The van der Waals surface area contributed by atoms with E-state index < -0.39 is 6.35 Å². The molecular weight excluding hydrogens is 282 g/mol. The van der Waals surface area contributed by atoms with Gasteiger partial charge in [0.2, 0.25) is 6.35 Å². The van der Waals surface area contributed by atoms with Crippen molar-refractivity contribution in [2.75, 3.05) is 7.05 Å². The zero-order valence-electron chi connectivity index (χ0n) is 6.20. The lowest BCUT2D eigenvalue weighted by Gasteiger charge is -2.28. The Kier molecular flexibility index (Phi) is 5.79.